The van der Waals surface area contributed by atoms with Crippen LogP contribution in [0.5, 0.6) is 0 Å². The fraction of sp³-hybridized carbons (Fsp3) is 0.476. The zero-order valence-electron chi connectivity index (χ0n) is 17.6. The van der Waals surface area contributed by atoms with E-state index in [1.165, 1.54) is 16.7 Å². The molecule has 0 aliphatic carbocycles. The van der Waals surface area contributed by atoms with Crippen LogP contribution in [0.1, 0.15) is 31.7 Å². The first kappa shape index (κ1) is 22.1. The fourth-order valence-corrected chi connectivity index (χ4v) is 6.07. The Bertz CT molecular complexity index is 984. The van der Waals surface area contributed by atoms with E-state index in [0.29, 0.717) is 12.1 Å². The van der Waals surface area contributed by atoms with Crippen molar-refractivity contribution in [2.24, 2.45) is 0 Å². The maximum absolute atomic E-state index is 13.2. The average molecular weight is 461 g/mol. The molecule has 3 aliphatic rings. The lowest BCUT2D eigenvalue weighted by Crippen LogP contribution is -2.70. The number of nitrogens with one attached hydrogen (secondary N) is 2. The minimum absolute atomic E-state index is 0.227. The minimum Gasteiger partial charge on any atom is -0.480 e. The molecule has 3 saturated heterocycles. The highest BCUT2D eigenvalue weighted by molar-refractivity contribution is 8.01. The van der Waals surface area contributed by atoms with Gasteiger partial charge < -0.3 is 20.6 Å². The summed E-state index contributed by atoms with van der Waals surface area (Å²) in [6.45, 7) is 4.11. The van der Waals surface area contributed by atoms with Gasteiger partial charge in [0.15, 0.2) is 0 Å². The van der Waals surface area contributed by atoms with E-state index in [2.05, 4.69) is 10.6 Å². The Morgan fingerprint density at radius 1 is 1.25 bits per heavy atom. The number of hydrogen-bond acceptors (Lipinski definition) is 6. The molecule has 3 aliphatic heterocycles. The third kappa shape index (κ3) is 3.70. The molecule has 1 aromatic carbocycles. The Morgan fingerprint density at radius 2 is 1.94 bits per heavy atom. The molecule has 0 saturated carbocycles. The Labute approximate surface area is 188 Å². The number of rotatable bonds is 6. The monoisotopic (exact) mass is 460 g/mol. The van der Waals surface area contributed by atoms with Gasteiger partial charge in [0.1, 0.15) is 17.5 Å². The zero-order chi connectivity index (χ0) is 23.2. The van der Waals surface area contributed by atoms with E-state index in [1.807, 2.05) is 0 Å². The number of thioether (sulfide) groups is 1. The van der Waals surface area contributed by atoms with E-state index in [4.69, 9.17) is 0 Å². The lowest BCUT2D eigenvalue weighted by atomic mass is 9.92. The van der Waals surface area contributed by atoms with Crippen LogP contribution in [0.25, 0.3) is 0 Å². The summed E-state index contributed by atoms with van der Waals surface area (Å²) in [5.41, 5.74) is 0.587. The number of fused-ring (bicyclic) bond motifs is 1. The summed E-state index contributed by atoms with van der Waals surface area (Å²) in [5, 5.41) is 14.3. The molecule has 4 atom stereocenters. The number of carbonyl (C=O) groups is 5. The van der Waals surface area contributed by atoms with Crippen molar-refractivity contribution in [2.45, 2.75) is 48.4 Å². The van der Waals surface area contributed by atoms with Gasteiger partial charge in [-0.15, -0.1) is 11.8 Å². The highest BCUT2D eigenvalue weighted by Gasteiger charge is 2.64. The standard InChI is InChI=1S/C21H24N4O6S/c1-21(2)15(19(29)30)25-17(28)14(18(25)32-21)23-16(27)12(11-6-4-3-5-7-11)10-13(26)24-9-8-22-20(24)31/h3-7,12,14-15,18H,8-10H2,1-2H3,(H,22,31)(H,23,27)(H,29,30)/t12-,14-,15+,18-/m1/s1. The molecule has 3 heterocycles. The van der Waals surface area contributed by atoms with Crippen molar-refractivity contribution in [3.8, 4) is 0 Å². The predicted octanol–water partition coefficient (Wildman–Crippen LogP) is 0.344. The highest BCUT2D eigenvalue weighted by atomic mass is 32.2. The SMILES string of the molecule is CC1(C)S[C@@H]2[C@H](NC(=O)[C@H](CC(=O)N3CCNC3=O)c3ccccc3)C(=O)N2[C@H]1C(=O)O. The average Bonchev–Trinajstić information content (AvgIpc) is 3.29. The summed E-state index contributed by atoms with van der Waals surface area (Å²) in [5.74, 6) is -3.42. The quantitative estimate of drug-likeness (QED) is 0.521. The van der Waals surface area contributed by atoms with Crippen molar-refractivity contribution >= 4 is 41.5 Å². The van der Waals surface area contributed by atoms with Gasteiger partial charge >= 0.3 is 12.0 Å². The van der Waals surface area contributed by atoms with Gasteiger partial charge in [0.25, 0.3) is 0 Å². The molecule has 10 nitrogen and oxygen atoms in total. The summed E-state index contributed by atoms with van der Waals surface area (Å²) in [6.07, 6.45) is -0.227. The van der Waals surface area contributed by atoms with Crippen molar-refractivity contribution in [3.05, 3.63) is 35.9 Å². The van der Waals surface area contributed by atoms with E-state index in [9.17, 15) is 29.1 Å². The second kappa shape index (κ2) is 8.12. The van der Waals surface area contributed by atoms with Gasteiger partial charge in [0.05, 0.1) is 5.92 Å². The number of urea groups is 1. The normalized spacial score (nSPS) is 26.8. The predicted molar refractivity (Wildman–Crippen MR) is 115 cm³/mol. The van der Waals surface area contributed by atoms with Crippen molar-refractivity contribution in [3.63, 3.8) is 0 Å². The molecular weight excluding hydrogens is 436 g/mol. The van der Waals surface area contributed by atoms with Crippen LogP contribution < -0.4 is 10.6 Å². The molecule has 3 N–H and O–H groups in total. The van der Waals surface area contributed by atoms with Crippen LogP contribution in [0, 0.1) is 0 Å². The van der Waals surface area contributed by atoms with E-state index in [1.54, 1.807) is 44.2 Å². The minimum atomic E-state index is -1.08. The molecule has 170 valence electrons. The number of imide groups is 1. The van der Waals surface area contributed by atoms with Gasteiger partial charge in [-0.1, -0.05) is 30.3 Å². The third-order valence-electron chi connectivity index (χ3n) is 6.03. The number of carbonyl (C=O) groups excluding carboxylic acids is 4. The molecule has 32 heavy (non-hydrogen) atoms. The summed E-state index contributed by atoms with van der Waals surface area (Å²) < 4.78 is -0.705. The van der Waals surface area contributed by atoms with Gasteiger partial charge in [-0.25, -0.2) is 9.59 Å². The number of nitrogens with zero attached hydrogens (tertiary/aromatic N) is 2. The van der Waals surface area contributed by atoms with Crippen molar-refractivity contribution in [1.82, 2.24) is 20.4 Å². The van der Waals surface area contributed by atoms with Crippen molar-refractivity contribution in [2.75, 3.05) is 13.1 Å². The summed E-state index contributed by atoms with van der Waals surface area (Å²) in [7, 11) is 0. The van der Waals surface area contributed by atoms with Crippen LogP contribution in [0.2, 0.25) is 0 Å². The van der Waals surface area contributed by atoms with E-state index < -0.39 is 57.8 Å². The number of benzene rings is 1. The first-order chi connectivity index (χ1) is 15.1. The maximum Gasteiger partial charge on any atom is 0.327 e. The van der Waals surface area contributed by atoms with Crippen LogP contribution in [-0.2, 0) is 19.2 Å². The lowest BCUT2D eigenvalue weighted by molar-refractivity contribution is -0.161. The first-order valence-corrected chi connectivity index (χ1v) is 11.2. The summed E-state index contributed by atoms with van der Waals surface area (Å²) in [6, 6.07) is 6.36. The Morgan fingerprint density at radius 3 is 2.53 bits per heavy atom. The van der Waals surface area contributed by atoms with Crippen LogP contribution >= 0.6 is 11.8 Å². The number of hydrogen-bond donors (Lipinski definition) is 3. The van der Waals surface area contributed by atoms with Gasteiger partial charge in [-0.05, 0) is 19.4 Å². The second-order valence-electron chi connectivity index (χ2n) is 8.53. The molecular formula is C21H24N4O6S. The van der Waals surface area contributed by atoms with Gasteiger partial charge in [0, 0.05) is 24.3 Å². The van der Waals surface area contributed by atoms with Crippen LogP contribution in [0.3, 0.4) is 0 Å². The topological polar surface area (TPSA) is 136 Å². The second-order valence-corrected chi connectivity index (χ2v) is 10.3. The number of carboxylic acids is 1. The zero-order valence-corrected chi connectivity index (χ0v) is 18.4. The number of carboxylic acid groups (broad SMARTS) is 1. The van der Waals surface area contributed by atoms with Crippen molar-refractivity contribution in [1.29, 1.82) is 0 Å². The largest absolute Gasteiger partial charge is 0.480 e. The van der Waals surface area contributed by atoms with E-state index in [-0.39, 0.29) is 13.0 Å². The Balaban J connectivity index is 1.51. The molecule has 0 spiro atoms. The van der Waals surface area contributed by atoms with Crippen molar-refractivity contribution < 1.29 is 29.1 Å². The molecule has 0 radical (unpaired) electrons. The number of aliphatic carboxylic acids is 1. The smallest absolute Gasteiger partial charge is 0.327 e. The fourth-order valence-electron chi connectivity index (χ4n) is 4.44. The number of amides is 5. The van der Waals surface area contributed by atoms with Crippen LogP contribution in [0.4, 0.5) is 4.79 Å². The van der Waals surface area contributed by atoms with Gasteiger partial charge in [0.2, 0.25) is 17.7 Å². The lowest BCUT2D eigenvalue weighted by Gasteiger charge is -2.44. The molecule has 0 bridgehead atoms. The van der Waals surface area contributed by atoms with Gasteiger partial charge in [-0.3, -0.25) is 19.3 Å². The number of β-lactam (4-membered cyclic amide) rings is 1. The molecule has 0 unspecified atom stereocenters. The summed E-state index contributed by atoms with van der Waals surface area (Å²) in [4.78, 5) is 64.5. The first-order valence-electron chi connectivity index (χ1n) is 10.3. The molecule has 11 heteroatoms. The molecule has 1 aromatic rings. The molecule has 0 aromatic heterocycles. The highest BCUT2D eigenvalue weighted by Crippen LogP contribution is 2.50. The van der Waals surface area contributed by atoms with E-state index >= 15 is 0 Å². The third-order valence-corrected chi connectivity index (χ3v) is 7.60. The van der Waals surface area contributed by atoms with Gasteiger partial charge in [-0.2, -0.15) is 0 Å². The molecule has 3 fully saturated rings. The summed E-state index contributed by atoms with van der Waals surface area (Å²) >= 11 is 1.33. The van der Waals surface area contributed by atoms with Crippen LogP contribution in [0.15, 0.2) is 30.3 Å². The molecule has 4 rings (SSSR count). The Hall–Kier alpha value is -3.08. The van der Waals surface area contributed by atoms with E-state index in [0.717, 1.165) is 4.90 Å². The molecule has 5 amide bonds. The maximum atomic E-state index is 13.2. The Kier molecular flexibility index (Phi) is 5.61. The van der Waals surface area contributed by atoms with Crippen LogP contribution in [-0.4, -0.2) is 79.9 Å².